The first-order chi connectivity index (χ1) is 7.19. The van der Waals surface area contributed by atoms with E-state index in [0.717, 1.165) is 18.6 Å². The number of likely N-dealkylation sites (tertiary alicyclic amines) is 1. The fourth-order valence-electron chi connectivity index (χ4n) is 2.72. The van der Waals surface area contributed by atoms with Crippen molar-refractivity contribution < 1.29 is 0 Å². The van der Waals surface area contributed by atoms with Gasteiger partial charge >= 0.3 is 0 Å². The molecule has 0 aromatic rings. The molecule has 0 radical (unpaired) electrons. The predicted molar refractivity (Wildman–Crippen MR) is 67.2 cm³/mol. The molecule has 1 aliphatic heterocycles. The minimum absolute atomic E-state index is 0.679. The van der Waals surface area contributed by atoms with Crippen LogP contribution in [0.15, 0.2) is 0 Å². The van der Waals surface area contributed by atoms with Gasteiger partial charge in [-0.2, -0.15) is 0 Å². The normalized spacial score (nSPS) is 30.4. The molecule has 1 rings (SSSR count). The smallest absolute Gasteiger partial charge is 0.0192 e. The summed E-state index contributed by atoms with van der Waals surface area (Å²) >= 11 is 0. The molecule has 0 aromatic heterocycles. The van der Waals surface area contributed by atoms with Crippen LogP contribution in [0.1, 0.15) is 53.4 Å². The monoisotopic (exact) mass is 212 g/mol. The van der Waals surface area contributed by atoms with Gasteiger partial charge in [0.15, 0.2) is 0 Å². The zero-order valence-corrected chi connectivity index (χ0v) is 10.9. The number of hydrogen-bond donors (Lipinski definition) is 1. The van der Waals surface area contributed by atoms with E-state index in [2.05, 4.69) is 37.9 Å². The van der Waals surface area contributed by atoms with Crippen LogP contribution in [-0.4, -0.2) is 36.1 Å². The Labute approximate surface area is 95.4 Å². The molecule has 0 saturated carbocycles. The maximum Gasteiger partial charge on any atom is 0.0192 e. The first kappa shape index (κ1) is 13.0. The van der Waals surface area contributed by atoms with Gasteiger partial charge in [-0.1, -0.05) is 20.3 Å². The van der Waals surface area contributed by atoms with Gasteiger partial charge in [-0.25, -0.2) is 0 Å². The molecule has 0 aliphatic carbocycles. The van der Waals surface area contributed by atoms with Crippen molar-refractivity contribution in [2.24, 2.45) is 0 Å². The van der Waals surface area contributed by atoms with Crippen LogP contribution in [0.2, 0.25) is 0 Å². The van der Waals surface area contributed by atoms with Gasteiger partial charge in [-0.05, 0) is 39.7 Å². The van der Waals surface area contributed by atoms with E-state index in [1.165, 1.54) is 32.2 Å². The van der Waals surface area contributed by atoms with Gasteiger partial charge < -0.3 is 5.32 Å². The van der Waals surface area contributed by atoms with Crippen molar-refractivity contribution in [3.63, 3.8) is 0 Å². The molecule has 0 bridgehead atoms. The summed E-state index contributed by atoms with van der Waals surface area (Å²) in [5.74, 6) is 0. The second kappa shape index (κ2) is 6.49. The highest BCUT2D eigenvalue weighted by atomic mass is 15.2. The van der Waals surface area contributed by atoms with Crippen LogP contribution < -0.4 is 5.32 Å². The lowest BCUT2D eigenvalue weighted by Crippen LogP contribution is -2.50. The van der Waals surface area contributed by atoms with Gasteiger partial charge in [0.2, 0.25) is 0 Å². The van der Waals surface area contributed by atoms with E-state index >= 15 is 0 Å². The second-order valence-corrected chi connectivity index (χ2v) is 4.99. The van der Waals surface area contributed by atoms with Crippen LogP contribution in [0.3, 0.4) is 0 Å². The lowest BCUT2D eigenvalue weighted by atomic mass is 9.96. The third-order valence-corrected chi connectivity index (χ3v) is 3.79. The van der Waals surface area contributed by atoms with Gasteiger partial charge in [0, 0.05) is 24.7 Å². The molecule has 0 spiro atoms. The lowest BCUT2D eigenvalue weighted by Gasteiger charge is -2.41. The largest absolute Gasteiger partial charge is 0.313 e. The van der Waals surface area contributed by atoms with Crippen molar-refractivity contribution in [2.45, 2.75) is 71.5 Å². The number of nitrogens with zero attached hydrogens (tertiary/aromatic N) is 1. The Bertz CT molecular complexity index is 160. The molecule has 1 fully saturated rings. The van der Waals surface area contributed by atoms with Crippen molar-refractivity contribution in [1.29, 1.82) is 0 Å². The van der Waals surface area contributed by atoms with Gasteiger partial charge in [-0.15, -0.1) is 0 Å². The molecule has 1 saturated heterocycles. The van der Waals surface area contributed by atoms with Crippen molar-refractivity contribution in [3.05, 3.63) is 0 Å². The molecular formula is C13H28N2. The SMILES string of the molecule is CCNC(CC)CN1[C@H](C)CCC[C@@H]1C. The van der Waals surface area contributed by atoms with Crippen LogP contribution in [-0.2, 0) is 0 Å². The quantitative estimate of drug-likeness (QED) is 0.753. The Morgan fingerprint density at radius 3 is 2.27 bits per heavy atom. The van der Waals surface area contributed by atoms with Crippen LogP contribution in [0.5, 0.6) is 0 Å². The van der Waals surface area contributed by atoms with E-state index in [1.807, 2.05) is 0 Å². The van der Waals surface area contributed by atoms with Gasteiger partial charge in [-0.3, -0.25) is 4.90 Å². The average Bonchev–Trinajstić information content (AvgIpc) is 2.22. The fraction of sp³-hybridized carbons (Fsp3) is 1.00. The molecule has 3 atom stereocenters. The summed E-state index contributed by atoms with van der Waals surface area (Å²) in [4.78, 5) is 2.69. The summed E-state index contributed by atoms with van der Waals surface area (Å²) in [5.41, 5.74) is 0. The standard InChI is InChI=1S/C13H28N2/c1-5-13(14-6-2)10-15-11(3)8-7-9-12(15)4/h11-14H,5-10H2,1-4H3/t11-,12+,13?. The zero-order valence-electron chi connectivity index (χ0n) is 10.9. The van der Waals surface area contributed by atoms with E-state index in [9.17, 15) is 0 Å². The summed E-state index contributed by atoms with van der Waals surface area (Å²) < 4.78 is 0. The maximum atomic E-state index is 3.58. The fourth-order valence-corrected chi connectivity index (χ4v) is 2.72. The first-order valence-corrected chi connectivity index (χ1v) is 6.68. The molecule has 1 unspecified atom stereocenters. The minimum Gasteiger partial charge on any atom is -0.313 e. The van der Waals surface area contributed by atoms with Crippen LogP contribution in [0.4, 0.5) is 0 Å². The molecule has 0 amide bonds. The Morgan fingerprint density at radius 2 is 1.80 bits per heavy atom. The third-order valence-electron chi connectivity index (χ3n) is 3.79. The Balaban J connectivity index is 2.45. The van der Waals surface area contributed by atoms with E-state index in [4.69, 9.17) is 0 Å². The summed E-state index contributed by atoms with van der Waals surface area (Å²) in [5, 5.41) is 3.58. The molecule has 15 heavy (non-hydrogen) atoms. The third kappa shape index (κ3) is 3.76. The highest BCUT2D eigenvalue weighted by Crippen LogP contribution is 2.22. The Hall–Kier alpha value is -0.0800. The van der Waals surface area contributed by atoms with Crippen molar-refractivity contribution in [3.8, 4) is 0 Å². The number of rotatable bonds is 5. The minimum atomic E-state index is 0.679. The Morgan fingerprint density at radius 1 is 1.20 bits per heavy atom. The van der Waals surface area contributed by atoms with Crippen molar-refractivity contribution >= 4 is 0 Å². The maximum absolute atomic E-state index is 3.58. The van der Waals surface area contributed by atoms with E-state index in [1.54, 1.807) is 0 Å². The molecule has 2 heteroatoms. The highest BCUT2D eigenvalue weighted by Gasteiger charge is 2.25. The molecular weight excluding hydrogens is 184 g/mol. The van der Waals surface area contributed by atoms with Crippen molar-refractivity contribution in [2.75, 3.05) is 13.1 Å². The number of hydrogen-bond acceptors (Lipinski definition) is 2. The van der Waals surface area contributed by atoms with Crippen molar-refractivity contribution in [1.82, 2.24) is 10.2 Å². The first-order valence-electron chi connectivity index (χ1n) is 6.68. The summed E-state index contributed by atoms with van der Waals surface area (Å²) in [6, 6.07) is 2.24. The molecule has 1 aliphatic rings. The molecule has 1 heterocycles. The second-order valence-electron chi connectivity index (χ2n) is 4.99. The van der Waals surface area contributed by atoms with Gasteiger partial charge in [0.05, 0.1) is 0 Å². The highest BCUT2D eigenvalue weighted by molar-refractivity contribution is 4.82. The molecule has 2 nitrogen and oxygen atoms in total. The number of nitrogens with one attached hydrogen (secondary N) is 1. The molecule has 1 N–H and O–H groups in total. The summed E-state index contributed by atoms with van der Waals surface area (Å²) in [6.45, 7) is 11.6. The summed E-state index contributed by atoms with van der Waals surface area (Å²) in [7, 11) is 0. The van der Waals surface area contributed by atoms with Crippen LogP contribution in [0, 0.1) is 0 Å². The Kier molecular flexibility index (Phi) is 5.62. The zero-order chi connectivity index (χ0) is 11.3. The summed E-state index contributed by atoms with van der Waals surface area (Å²) in [6.07, 6.45) is 5.42. The van der Waals surface area contributed by atoms with E-state index in [-0.39, 0.29) is 0 Å². The molecule has 0 aromatic carbocycles. The predicted octanol–water partition coefficient (Wildman–Crippen LogP) is 2.64. The number of likely N-dealkylation sites (N-methyl/N-ethyl adjacent to an activating group) is 1. The molecule has 90 valence electrons. The van der Waals surface area contributed by atoms with E-state index in [0.29, 0.717) is 6.04 Å². The van der Waals surface area contributed by atoms with Crippen LogP contribution in [0.25, 0.3) is 0 Å². The van der Waals surface area contributed by atoms with E-state index < -0.39 is 0 Å². The topological polar surface area (TPSA) is 15.3 Å². The van der Waals surface area contributed by atoms with Crippen LogP contribution >= 0.6 is 0 Å². The van der Waals surface area contributed by atoms with Gasteiger partial charge in [0.25, 0.3) is 0 Å². The van der Waals surface area contributed by atoms with Gasteiger partial charge in [0.1, 0.15) is 0 Å². The lowest BCUT2D eigenvalue weighted by molar-refractivity contribution is 0.0905. The number of piperidine rings is 1. The average molecular weight is 212 g/mol.